The molecule has 0 spiro atoms. The van der Waals surface area contributed by atoms with E-state index in [1.54, 1.807) is 0 Å². The van der Waals surface area contributed by atoms with E-state index in [0.29, 0.717) is 13.0 Å². The number of aldehydes is 1. The summed E-state index contributed by atoms with van der Waals surface area (Å²) in [7, 11) is 0. The van der Waals surface area contributed by atoms with Crippen LogP contribution in [0.2, 0.25) is 0 Å². The lowest BCUT2D eigenvalue weighted by molar-refractivity contribution is -0.485. The van der Waals surface area contributed by atoms with Crippen molar-refractivity contribution in [2.75, 3.05) is 6.54 Å². The summed E-state index contributed by atoms with van der Waals surface area (Å²) in [5, 5.41) is 14.4. The zero-order valence-electron chi connectivity index (χ0n) is 7.97. The number of nitrogens with one attached hydrogen (secondary N) is 1. The lowest BCUT2D eigenvalue weighted by Crippen LogP contribution is -2.33. The SMILES string of the molecule is C[C@H](C=O)CCCN/C(N)=N/[N+](=O)[O-]. The van der Waals surface area contributed by atoms with Crippen molar-refractivity contribution in [3.63, 3.8) is 0 Å². The van der Waals surface area contributed by atoms with E-state index in [1.165, 1.54) is 0 Å². The van der Waals surface area contributed by atoms with Gasteiger partial charge in [0, 0.05) is 12.5 Å². The molecule has 0 unspecified atom stereocenters. The van der Waals surface area contributed by atoms with Gasteiger partial charge in [-0.05, 0) is 12.8 Å². The number of carbonyl (C=O) groups is 1. The number of hydrogen-bond acceptors (Lipinski definition) is 3. The number of rotatable bonds is 6. The summed E-state index contributed by atoms with van der Waals surface area (Å²) >= 11 is 0. The van der Waals surface area contributed by atoms with E-state index >= 15 is 0 Å². The van der Waals surface area contributed by atoms with Crippen LogP contribution in [0.3, 0.4) is 0 Å². The van der Waals surface area contributed by atoms with Gasteiger partial charge >= 0.3 is 0 Å². The van der Waals surface area contributed by atoms with Gasteiger partial charge in [-0.1, -0.05) is 6.92 Å². The predicted octanol–water partition coefficient (Wildman–Crippen LogP) is -0.302. The molecule has 0 saturated heterocycles. The molecule has 0 aromatic rings. The monoisotopic (exact) mass is 202 g/mol. The lowest BCUT2D eigenvalue weighted by atomic mass is 10.1. The Hall–Kier alpha value is -1.66. The minimum atomic E-state index is -0.865. The highest BCUT2D eigenvalue weighted by Crippen LogP contribution is 1.99. The van der Waals surface area contributed by atoms with Gasteiger partial charge in [-0.15, -0.1) is 0 Å². The highest BCUT2D eigenvalue weighted by Gasteiger charge is 2.00. The van der Waals surface area contributed by atoms with Gasteiger partial charge in [0.1, 0.15) is 11.4 Å². The van der Waals surface area contributed by atoms with Crippen LogP contribution in [0.1, 0.15) is 19.8 Å². The summed E-state index contributed by atoms with van der Waals surface area (Å²) in [5.74, 6) is -0.209. The van der Waals surface area contributed by atoms with Gasteiger partial charge in [-0.25, -0.2) is 10.1 Å². The molecule has 0 aliphatic heterocycles. The Kier molecular flexibility index (Phi) is 6.01. The van der Waals surface area contributed by atoms with Crippen LogP contribution in [0.4, 0.5) is 0 Å². The summed E-state index contributed by atoms with van der Waals surface area (Å²) < 4.78 is 0. The van der Waals surface area contributed by atoms with Crippen molar-refractivity contribution >= 4 is 12.2 Å². The minimum absolute atomic E-state index is 0.00507. The fourth-order valence-electron chi connectivity index (χ4n) is 0.832. The molecule has 80 valence electrons. The number of guanidine groups is 1. The lowest BCUT2D eigenvalue weighted by Gasteiger charge is -2.04. The largest absolute Gasteiger partial charge is 0.365 e. The van der Waals surface area contributed by atoms with Crippen LogP contribution in [-0.2, 0) is 4.79 Å². The summed E-state index contributed by atoms with van der Waals surface area (Å²) in [5.41, 5.74) is 5.15. The summed E-state index contributed by atoms with van der Waals surface area (Å²) in [6, 6.07) is 0. The van der Waals surface area contributed by atoms with Crippen molar-refractivity contribution < 1.29 is 9.83 Å². The second-order valence-electron chi connectivity index (χ2n) is 2.91. The molecule has 0 rings (SSSR count). The van der Waals surface area contributed by atoms with Crippen molar-refractivity contribution in [2.24, 2.45) is 16.8 Å². The summed E-state index contributed by atoms with van der Waals surface area (Å²) in [6.07, 6.45) is 2.31. The van der Waals surface area contributed by atoms with Crippen molar-refractivity contribution in [3.8, 4) is 0 Å². The van der Waals surface area contributed by atoms with Crippen LogP contribution < -0.4 is 11.1 Å². The molecule has 14 heavy (non-hydrogen) atoms. The molecule has 0 radical (unpaired) electrons. The Balaban J connectivity index is 3.54. The van der Waals surface area contributed by atoms with E-state index in [-0.39, 0.29) is 11.9 Å². The quantitative estimate of drug-likeness (QED) is 0.153. The molecule has 7 heteroatoms. The number of carbonyl (C=O) groups excluding carboxylic acids is 1. The number of nitrogens with two attached hydrogens (primary N) is 1. The first-order valence-electron chi connectivity index (χ1n) is 4.24. The van der Waals surface area contributed by atoms with Gasteiger partial charge in [-0.3, -0.25) is 0 Å². The molecule has 0 bridgehead atoms. The van der Waals surface area contributed by atoms with Crippen LogP contribution in [0, 0.1) is 16.0 Å². The smallest absolute Gasteiger partial charge is 0.266 e. The van der Waals surface area contributed by atoms with Gasteiger partial charge in [-0.2, -0.15) is 0 Å². The van der Waals surface area contributed by atoms with Crippen LogP contribution in [-0.4, -0.2) is 23.8 Å². The minimum Gasteiger partial charge on any atom is -0.365 e. The first-order chi connectivity index (χ1) is 6.56. The van der Waals surface area contributed by atoms with E-state index in [4.69, 9.17) is 5.73 Å². The van der Waals surface area contributed by atoms with Gasteiger partial charge in [0.15, 0.2) is 5.03 Å². The van der Waals surface area contributed by atoms with Crippen LogP contribution in [0.25, 0.3) is 0 Å². The molecule has 0 amide bonds. The van der Waals surface area contributed by atoms with E-state index < -0.39 is 5.03 Å². The zero-order valence-corrected chi connectivity index (χ0v) is 7.97. The summed E-state index contributed by atoms with van der Waals surface area (Å²) in [4.78, 5) is 20.1. The molecule has 7 nitrogen and oxygen atoms in total. The molecule has 0 aliphatic carbocycles. The van der Waals surface area contributed by atoms with E-state index in [0.717, 1.165) is 12.7 Å². The third-order valence-corrected chi connectivity index (χ3v) is 1.56. The maximum absolute atomic E-state index is 10.2. The first-order valence-corrected chi connectivity index (χ1v) is 4.24. The van der Waals surface area contributed by atoms with E-state index in [2.05, 4.69) is 10.4 Å². The third kappa shape index (κ3) is 7.01. The van der Waals surface area contributed by atoms with E-state index in [1.807, 2.05) is 6.92 Å². The third-order valence-electron chi connectivity index (χ3n) is 1.56. The Morgan fingerprint density at radius 3 is 2.93 bits per heavy atom. The predicted molar refractivity (Wildman–Crippen MR) is 51.1 cm³/mol. The van der Waals surface area contributed by atoms with Crippen LogP contribution >= 0.6 is 0 Å². The Bertz CT molecular complexity index is 229. The van der Waals surface area contributed by atoms with Crippen molar-refractivity contribution in [2.45, 2.75) is 19.8 Å². The highest BCUT2D eigenvalue weighted by atomic mass is 16.7. The van der Waals surface area contributed by atoms with Crippen molar-refractivity contribution in [1.82, 2.24) is 5.32 Å². The van der Waals surface area contributed by atoms with Gasteiger partial charge < -0.3 is 15.8 Å². The van der Waals surface area contributed by atoms with Gasteiger partial charge in [0.2, 0.25) is 0 Å². The standard InChI is InChI=1S/C7H14N4O3/c1-6(5-12)3-2-4-9-7(8)10-11(13)14/h5-6H,2-4H2,1H3,(H3,8,9,10)/t6-/m0/s1. The number of nitrogens with zero attached hydrogens (tertiary/aromatic N) is 2. The summed E-state index contributed by atoms with van der Waals surface area (Å²) in [6.45, 7) is 2.28. The van der Waals surface area contributed by atoms with Crippen molar-refractivity contribution in [3.05, 3.63) is 10.1 Å². The number of nitro groups is 1. The average Bonchev–Trinajstić information content (AvgIpc) is 2.10. The van der Waals surface area contributed by atoms with E-state index in [9.17, 15) is 14.9 Å². The van der Waals surface area contributed by atoms with Crippen LogP contribution in [0.5, 0.6) is 0 Å². The molecule has 0 aromatic carbocycles. The molecular formula is C7H14N4O3. The van der Waals surface area contributed by atoms with Crippen molar-refractivity contribution in [1.29, 1.82) is 0 Å². The molecule has 0 heterocycles. The molecule has 0 saturated carbocycles. The Labute approximate surface area is 81.5 Å². The molecule has 0 fully saturated rings. The average molecular weight is 202 g/mol. The maximum Gasteiger partial charge on any atom is 0.266 e. The molecule has 3 N–H and O–H groups in total. The topological polar surface area (TPSA) is 111 Å². The molecule has 0 aromatic heterocycles. The van der Waals surface area contributed by atoms with Gasteiger partial charge in [0.25, 0.3) is 5.96 Å². The normalized spacial score (nSPS) is 13.4. The second kappa shape index (κ2) is 6.81. The number of hydrogen-bond donors (Lipinski definition) is 2. The molecular weight excluding hydrogens is 188 g/mol. The zero-order chi connectivity index (χ0) is 11.0. The fourth-order valence-corrected chi connectivity index (χ4v) is 0.832. The number of hydrazone groups is 1. The highest BCUT2D eigenvalue weighted by molar-refractivity contribution is 5.76. The fraction of sp³-hybridized carbons (Fsp3) is 0.714. The Morgan fingerprint density at radius 2 is 2.43 bits per heavy atom. The Morgan fingerprint density at radius 1 is 1.79 bits per heavy atom. The molecule has 1 atom stereocenters. The van der Waals surface area contributed by atoms with Crippen LogP contribution in [0.15, 0.2) is 5.10 Å². The maximum atomic E-state index is 10.2. The van der Waals surface area contributed by atoms with Gasteiger partial charge in [0.05, 0.1) is 0 Å². The molecule has 0 aliphatic rings. The first kappa shape index (κ1) is 12.3. The second-order valence-corrected chi connectivity index (χ2v) is 2.91.